The number of anilines is 1. The molecule has 1 atom stereocenters. The highest BCUT2D eigenvalue weighted by Crippen LogP contribution is 2.40. The third-order valence-electron chi connectivity index (χ3n) is 4.08. The van der Waals surface area contributed by atoms with E-state index in [0.717, 1.165) is 24.2 Å². The first kappa shape index (κ1) is 15.8. The largest absolute Gasteiger partial charge is 0.440 e. The molecular formula is C17H23N3O3. The molecule has 1 aromatic heterocycles. The second-order valence-corrected chi connectivity index (χ2v) is 6.49. The number of nitrogens with zero attached hydrogens (tertiary/aromatic N) is 1. The van der Waals surface area contributed by atoms with Crippen LogP contribution in [0, 0.1) is 5.92 Å². The van der Waals surface area contributed by atoms with Crippen LogP contribution in [0.15, 0.2) is 22.6 Å². The van der Waals surface area contributed by atoms with Crippen molar-refractivity contribution in [3.8, 4) is 0 Å². The lowest BCUT2D eigenvalue weighted by Crippen LogP contribution is -2.32. The molecule has 124 valence electrons. The minimum Gasteiger partial charge on any atom is -0.440 e. The molecule has 0 bridgehead atoms. The average molecular weight is 317 g/mol. The van der Waals surface area contributed by atoms with E-state index >= 15 is 0 Å². The summed E-state index contributed by atoms with van der Waals surface area (Å²) >= 11 is 0. The van der Waals surface area contributed by atoms with Crippen LogP contribution in [0.1, 0.15) is 44.9 Å². The molecule has 3 rings (SSSR count). The summed E-state index contributed by atoms with van der Waals surface area (Å²) in [4.78, 5) is 16.3. The van der Waals surface area contributed by atoms with Crippen molar-refractivity contribution in [1.82, 2.24) is 10.3 Å². The standard InChI is InChI=1S/C17H23N3O3/c1-10(2)14(21)7-8-18-17(22)19-12-5-6-13-15(9-12)23-16(20-13)11-3-4-11/h5-6,9-11,14,21H,3-4,7-8H2,1-2H3,(H2,18,19,22). The summed E-state index contributed by atoms with van der Waals surface area (Å²) < 4.78 is 5.74. The third kappa shape index (κ3) is 4.01. The number of nitrogens with one attached hydrogen (secondary N) is 2. The second-order valence-electron chi connectivity index (χ2n) is 6.49. The van der Waals surface area contributed by atoms with Crippen LogP contribution in [0.5, 0.6) is 0 Å². The molecule has 1 saturated carbocycles. The van der Waals surface area contributed by atoms with Crippen molar-refractivity contribution in [2.75, 3.05) is 11.9 Å². The van der Waals surface area contributed by atoms with Gasteiger partial charge >= 0.3 is 6.03 Å². The molecule has 6 heteroatoms. The lowest BCUT2D eigenvalue weighted by Gasteiger charge is -2.14. The van der Waals surface area contributed by atoms with E-state index < -0.39 is 6.10 Å². The van der Waals surface area contributed by atoms with Crippen molar-refractivity contribution >= 4 is 22.8 Å². The second kappa shape index (κ2) is 6.58. The number of amides is 2. The summed E-state index contributed by atoms with van der Waals surface area (Å²) in [6, 6.07) is 5.16. The van der Waals surface area contributed by atoms with Gasteiger partial charge in [-0.2, -0.15) is 0 Å². The number of hydrogen-bond donors (Lipinski definition) is 3. The van der Waals surface area contributed by atoms with Crippen LogP contribution >= 0.6 is 0 Å². The summed E-state index contributed by atoms with van der Waals surface area (Å²) in [6.07, 6.45) is 2.42. The zero-order valence-electron chi connectivity index (χ0n) is 13.5. The molecule has 2 amide bonds. The maximum Gasteiger partial charge on any atom is 0.319 e. The SMILES string of the molecule is CC(C)C(O)CCNC(=O)Nc1ccc2nc(C3CC3)oc2c1. The number of aliphatic hydroxyl groups excluding tert-OH is 1. The Morgan fingerprint density at radius 2 is 2.22 bits per heavy atom. The highest BCUT2D eigenvalue weighted by Gasteiger charge is 2.28. The average Bonchev–Trinajstić information content (AvgIpc) is 3.27. The third-order valence-corrected chi connectivity index (χ3v) is 4.08. The minimum atomic E-state index is -0.401. The molecule has 0 spiro atoms. The summed E-state index contributed by atoms with van der Waals surface area (Å²) in [7, 11) is 0. The van der Waals surface area contributed by atoms with Crippen LogP contribution in [0.25, 0.3) is 11.1 Å². The summed E-state index contributed by atoms with van der Waals surface area (Å²) in [5, 5.41) is 15.2. The minimum absolute atomic E-state index is 0.189. The molecule has 6 nitrogen and oxygen atoms in total. The smallest absolute Gasteiger partial charge is 0.319 e. The molecule has 1 aromatic carbocycles. The van der Waals surface area contributed by atoms with Crippen LogP contribution < -0.4 is 10.6 Å². The monoisotopic (exact) mass is 317 g/mol. The quantitative estimate of drug-likeness (QED) is 0.763. The number of carbonyl (C=O) groups excluding carboxylic acids is 1. The van der Waals surface area contributed by atoms with Crippen molar-refractivity contribution in [1.29, 1.82) is 0 Å². The van der Waals surface area contributed by atoms with Gasteiger partial charge in [0.1, 0.15) is 5.52 Å². The zero-order valence-corrected chi connectivity index (χ0v) is 13.5. The summed E-state index contributed by atoms with van der Waals surface area (Å²) in [5.41, 5.74) is 2.18. The van der Waals surface area contributed by atoms with Gasteiger partial charge in [0.25, 0.3) is 0 Å². The maximum atomic E-state index is 11.9. The van der Waals surface area contributed by atoms with E-state index in [4.69, 9.17) is 4.42 Å². The maximum absolute atomic E-state index is 11.9. The number of benzene rings is 1. The Balaban J connectivity index is 1.54. The lowest BCUT2D eigenvalue weighted by molar-refractivity contribution is 0.117. The number of oxazole rings is 1. The van der Waals surface area contributed by atoms with Crippen LogP contribution in [0.2, 0.25) is 0 Å². The lowest BCUT2D eigenvalue weighted by atomic mass is 10.0. The van der Waals surface area contributed by atoms with Gasteiger partial charge in [0.2, 0.25) is 0 Å². The normalized spacial score (nSPS) is 15.8. The fourth-order valence-corrected chi connectivity index (χ4v) is 2.37. The zero-order chi connectivity index (χ0) is 16.4. The molecule has 0 radical (unpaired) electrons. The summed E-state index contributed by atoms with van der Waals surface area (Å²) in [6.45, 7) is 4.34. The van der Waals surface area contributed by atoms with Gasteiger partial charge < -0.3 is 20.2 Å². The fourth-order valence-electron chi connectivity index (χ4n) is 2.37. The number of carbonyl (C=O) groups is 1. The first-order chi connectivity index (χ1) is 11.0. The molecular weight excluding hydrogens is 294 g/mol. The van der Waals surface area contributed by atoms with Gasteiger partial charge in [-0.05, 0) is 37.3 Å². The van der Waals surface area contributed by atoms with E-state index in [2.05, 4.69) is 15.6 Å². The van der Waals surface area contributed by atoms with Crippen molar-refractivity contribution in [3.63, 3.8) is 0 Å². The molecule has 2 aromatic rings. The molecule has 0 saturated heterocycles. The first-order valence-electron chi connectivity index (χ1n) is 8.16. The van der Waals surface area contributed by atoms with E-state index in [9.17, 15) is 9.90 Å². The van der Waals surface area contributed by atoms with Crippen LogP contribution in [0.3, 0.4) is 0 Å². The van der Waals surface area contributed by atoms with E-state index in [0.29, 0.717) is 30.2 Å². The predicted molar refractivity (Wildman–Crippen MR) is 88.5 cm³/mol. The Bertz CT molecular complexity index is 691. The number of aliphatic hydroxyl groups is 1. The Hall–Kier alpha value is -2.08. The van der Waals surface area contributed by atoms with Gasteiger partial charge in [0, 0.05) is 24.2 Å². The number of urea groups is 1. The van der Waals surface area contributed by atoms with Crippen LogP contribution in [-0.2, 0) is 0 Å². The van der Waals surface area contributed by atoms with E-state index in [1.54, 1.807) is 6.07 Å². The highest BCUT2D eigenvalue weighted by atomic mass is 16.3. The van der Waals surface area contributed by atoms with Gasteiger partial charge in [-0.25, -0.2) is 9.78 Å². The number of aromatic nitrogens is 1. The first-order valence-corrected chi connectivity index (χ1v) is 8.16. The Morgan fingerprint density at radius 1 is 1.43 bits per heavy atom. The fraction of sp³-hybridized carbons (Fsp3) is 0.529. The summed E-state index contributed by atoms with van der Waals surface area (Å²) in [5.74, 6) is 1.45. The molecule has 0 aliphatic heterocycles. The molecule has 3 N–H and O–H groups in total. The molecule has 1 heterocycles. The Kier molecular flexibility index (Phi) is 4.52. The van der Waals surface area contributed by atoms with Crippen LogP contribution in [0.4, 0.5) is 10.5 Å². The molecule has 1 fully saturated rings. The van der Waals surface area contributed by atoms with Crippen molar-refractivity contribution in [3.05, 3.63) is 24.1 Å². The van der Waals surface area contributed by atoms with Gasteiger partial charge in [-0.3, -0.25) is 0 Å². The highest BCUT2D eigenvalue weighted by molar-refractivity contribution is 5.91. The number of rotatable bonds is 6. The Labute approximate surface area is 135 Å². The molecule has 1 unspecified atom stereocenters. The van der Waals surface area contributed by atoms with Gasteiger partial charge in [0.05, 0.1) is 6.10 Å². The van der Waals surface area contributed by atoms with Gasteiger partial charge in [-0.15, -0.1) is 0 Å². The van der Waals surface area contributed by atoms with Gasteiger partial charge in [0.15, 0.2) is 11.5 Å². The predicted octanol–water partition coefficient (Wildman–Crippen LogP) is 3.23. The molecule has 23 heavy (non-hydrogen) atoms. The molecule has 1 aliphatic rings. The van der Waals surface area contributed by atoms with Crippen molar-refractivity contribution < 1.29 is 14.3 Å². The Morgan fingerprint density at radius 3 is 2.91 bits per heavy atom. The topological polar surface area (TPSA) is 87.4 Å². The van der Waals surface area contributed by atoms with Crippen LogP contribution in [-0.4, -0.2) is 28.8 Å². The van der Waals surface area contributed by atoms with E-state index in [1.165, 1.54) is 0 Å². The number of fused-ring (bicyclic) bond motifs is 1. The molecule has 1 aliphatic carbocycles. The number of hydrogen-bond acceptors (Lipinski definition) is 4. The van der Waals surface area contributed by atoms with E-state index in [-0.39, 0.29) is 11.9 Å². The van der Waals surface area contributed by atoms with Crippen molar-refractivity contribution in [2.24, 2.45) is 5.92 Å². The van der Waals surface area contributed by atoms with E-state index in [1.807, 2.05) is 26.0 Å². The van der Waals surface area contributed by atoms with Crippen molar-refractivity contribution in [2.45, 2.75) is 45.1 Å². The van der Waals surface area contributed by atoms with Gasteiger partial charge in [-0.1, -0.05) is 13.8 Å².